The molecule has 0 spiro atoms. The second-order valence-corrected chi connectivity index (χ2v) is 6.52. The summed E-state index contributed by atoms with van der Waals surface area (Å²) in [5.41, 5.74) is 1.29. The fourth-order valence-electron chi connectivity index (χ4n) is 3.23. The molecule has 1 aromatic carbocycles. The quantitative estimate of drug-likeness (QED) is 0.853. The summed E-state index contributed by atoms with van der Waals surface area (Å²) in [4.78, 5) is 16.7. The van der Waals surface area contributed by atoms with Crippen LogP contribution in [0.5, 0.6) is 0 Å². The SMILES string of the molecule is O=C(CCN1CCOCC1)N1CC[C@H](c2ccc(Cl)cc2)C1. The number of nitrogens with zero attached hydrogens (tertiary/aromatic N) is 2. The minimum Gasteiger partial charge on any atom is -0.379 e. The smallest absolute Gasteiger partial charge is 0.223 e. The molecule has 0 radical (unpaired) electrons. The molecule has 2 aliphatic rings. The molecule has 0 aliphatic carbocycles. The zero-order chi connectivity index (χ0) is 15.4. The Kier molecular flexibility index (Phi) is 5.34. The number of ether oxygens (including phenoxy) is 1. The summed E-state index contributed by atoms with van der Waals surface area (Å²) < 4.78 is 5.33. The van der Waals surface area contributed by atoms with Crippen molar-refractivity contribution in [2.45, 2.75) is 18.8 Å². The van der Waals surface area contributed by atoms with Gasteiger partial charge in [-0.2, -0.15) is 0 Å². The molecule has 22 heavy (non-hydrogen) atoms. The number of morpholine rings is 1. The van der Waals surface area contributed by atoms with Gasteiger partial charge in [-0.1, -0.05) is 23.7 Å². The Labute approximate surface area is 137 Å². The highest BCUT2D eigenvalue weighted by Crippen LogP contribution is 2.28. The molecule has 120 valence electrons. The molecule has 0 bridgehead atoms. The predicted octanol–water partition coefficient (Wildman–Crippen LogP) is 2.38. The lowest BCUT2D eigenvalue weighted by molar-refractivity contribution is -0.130. The second-order valence-electron chi connectivity index (χ2n) is 6.08. The number of hydrogen-bond acceptors (Lipinski definition) is 3. The van der Waals surface area contributed by atoms with E-state index in [0.29, 0.717) is 12.3 Å². The van der Waals surface area contributed by atoms with E-state index in [-0.39, 0.29) is 5.91 Å². The van der Waals surface area contributed by atoms with Gasteiger partial charge in [0.15, 0.2) is 0 Å². The largest absolute Gasteiger partial charge is 0.379 e. The normalized spacial score (nSPS) is 23.0. The van der Waals surface area contributed by atoms with Gasteiger partial charge in [-0.25, -0.2) is 0 Å². The van der Waals surface area contributed by atoms with Crippen LogP contribution in [0.4, 0.5) is 0 Å². The lowest BCUT2D eigenvalue weighted by Gasteiger charge is -2.27. The van der Waals surface area contributed by atoms with Crippen LogP contribution in [0, 0.1) is 0 Å². The van der Waals surface area contributed by atoms with Gasteiger partial charge in [0.1, 0.15) is 0 Å². The molecular weight excluding hydrogens is 300 g/mol. The number of benzene rings is 1. The highest BCUT2D eigenvalue weighted by atomic mass is 35.5. The topological polar surface area (TPSA) is 32.8 Å². The molecule has 2 saturated heterocycles. The van der Waals surface area contributed by atoms with Gasteiger partial charge in [0.25, 0.3) is 0 Å². The van der Waals surface area contributed by atoms with E-state index in [2.05, 4.69) is 17.0 Å². The maximum Gasteiger partial charge on any atom is 0.223 e. The van der Waals surface area contributed by atoms with Crippen molar-refractivity contribution in [3.8, 4) is 0 Å². The summed E-state index contributed by atoms with van der Waals surface area (Å²) in [6, 6.07) is 8.02. The minimum absolute atomic E-state index is 0.281. The molecule has 2 fully saturated rings. The van der Waals surface area contributed by atoms with Crippen molar-refractivity contribution >= 4 is 17.5 Å². The highest BCUT2D eigenvalue weighted by Gasteiger charge is 2.27. The van der Waals surface area contributed by atoms with Crippen LogP contribution >= 0.6 is 11.6 Å². The molecular formula is C17H23ClN2O2. The van der Waals surface area contributed by atoms with Crippen molar-refractivity contribution in [2.24, 2.45) is 0 Å². The average molecular weight is 323 g/mol. The first kappa shape index (κ1) is 15.8. The molecule has 1 atom stereocenters. The van der Waals surface area contributed by atoms with Gasteiger partial charge in [0.2, 0.25) is 5.91 Å². The first-order chi connectivity index (χ1) is 10.7. The zero-order valence-corrected chi connectivity index (χ0v) is 13.6. The van der Waals surface area contributed by atoms with E-state index in [1.165, 1.54) is 5.56 Å². The molecule has 2 heterocycles. The third-order valence-corrected chi connectivity index (χ3v) is 4.88. The molecule has 3 rings (SSSR count). The maximum absolute atomic E-state index is 12.4. The first-order valence-electron chi connectivity index (χ1n) is 8.06. The molecule has 4 nitrogen and oxygen atoms in total. The number of likely N-dealkylation sites (tertiary alicyclic amines) is 1. The number of rotatable bonds is 4. The summed E-state index contributed by atoms with van der Waals surface area (Å²) in [6.07, 6.45) is 1.66. The number of carbonyl (C=O) groups excluding carboxylic acids is 1. The van der Waals surface area contributed by atoms with E-state index in [4.69, 9.17) is 16.3 Å². The van der Waals surface area contributed by atoms with Crippen molar-refractivity contribution in [3.05, 3.63) is 34.9 Å². The fraction of sp³-hybridized carbons (Fsp3) is 0.588. The van der Waals surface area contributed by atoms with Crippen LogP contribution in [-0.4, -0.2) is 61.6 Å². The van der Waals surface area contributed by atoms with E-state index in [1.54, 1.807) is 0 Å². The lowest BCUT2D eigenvalue weighted by atomic mass is 9.99. The van der Waals surface area contributed by atoms with Crippen LogP contribution in [0.1, 0.15) is 24.3 Å². The molecule has 1 amide bonds. The summed E-state index contributed by atoms with van der Waals surface area (Å²) in [5, 5.41) is 0.764. The molecule has 1 aromatic rings. The average Bonchev–Trinajstić information content (AvgIpc) is 3.04. The Hall–Kier alpha value is -1.10. The first-order valence-corrected chi connectivity index (χ1v) is 8.43. The van der Waals surface area contributed by atoms with Crippen LogP contribution in [0.15, 0.2) is 24.3 Å². The summed E-state index contributed by atoms with van der Waals surface area (Å²) in [6.45, 7) is 6.03. The molecule has 0 unspecified atom stereocenters. The summed E-state index contributed by atoms with van der Waals surface area (Å²) >= 11 is 5.93. The van der Waals surface area contributed by atoms with Crippen molar-refractivity contribution < 1.29 is 9.53 Å². The van der Waals surface area contributed by atoms with Gasteiger partial charge in [0.05, 0.1) is 13.2 Å². The third kappa shape index (κ3) is 4.00. The maximum atomic E-state index is 12.4. The van der Waals surface area contributed by atoms with Gasteiger partial charge in [-0.15, -0.1) is 0 Å². The fourth-order valence-corrected chi connectivity index (χ4v) is 3.36. The number of hydrogen-bond donors (Lipinski definition) is 0. The molecule has 0 aromatic heterocycles. The van der Waals surface area contributed by atoms with E-state index >= 15 is 0 Å². The second kappa shape index (κ2) is 7.44. The Morgan fingerprint density at radius 3 is 2.64 bits per heavy atom. The van der Waals surface area contributed by atoms with Crippen LogP contribution in [-0.2, 0) is 9.53 Å². The van der Waals surface area contributed by atoms with Crippen LogP contribution in [0.3, 0.4) is 0 Å². The summed E-state index contributed by atoms with van der Waals surface area (Å²) in [7, 11) is 0. The van der Waals surface area contributed by atoms with Gasteiger partial charge < -0.3 is 9.64 Å². The molecule has 5 heteroatoms. The Bertz CT molecular complexity index is 500. The zero-order valence-electron chi connectivity index (χ0n) is 12.8. The van der Waals surface area contributed by atoms with E-state index in [9.17, 15) is 4.79 Å². The number of halogens is 1. The van der Waals surface area contributed by atoms with Crippen LogP contribution in [0.25, 0.3) is 0 Å². The van der Waals surface area contributed by atoms with Gasteiger partial charge in [-0.3, -0.25) is 9.69 Å². The Morgan fingerprint density at radius 1 is 1.18 bits per heavy atom. The lowest BCUT2D eigenvalue weighted by Crippen LogP contribution is -2.39. The number of carbonyl (C=O) groups is 1. The van der Waals surface area contributed by atoms with Gasteiger partial charge >= 0.3 is 0 Å². The van der Waals surface area contributed by atoms with Crippen molar-refractivity contribution in [3.63, 3.8) is 0 Å². The Morgan fingerprint density at radius 2 is 1.91 bits per heavy atom. The van der Waals surface area contributed by atoms with Crippen LogP contribution in [0.2, 0.25) is 5.02 Å². The molecule has 0 N–H and O–H groups in total. The third-order valence-electron chi connectivity index (χ3n) is 4.63. The van der Waals surface area contributed by atoms with Crippen molar-refractivity contribution in [1.82, 2.24) is 9.80 Å². The standard InChI is InChI=1S/C17H23ClN2O2/c18-16-3-1-14(2-4-16)15-5-8-20(13-15)17(21)6-7-19-9-11-22-12-10-19/h1-4,15H,5-13H2/t15-/m0/s1. The molecule has 2 aliphatic heterocycles. The monoisotopic (exact) mass is 322 g/mol. The van der Waals surface area contributed by atoms with Crippen LogP contribution < -0.4 is 0 Å². The minimum atomic E-state index is 0.281. The van der Waals surface area contributed by atoms with E-state index in [1.807, 2.05) is 17.0 Å². The molecule has 0 saturated carbocycles. The van der Waals surface area contributed by atoms with Gasteiger partial charge in [0, 0.05) is 50.1 Å². The van der Waals surface area contributed by atoms with Crippen molar-refractivity contribution in [2.75, 3.05) is 45.9 Å². The van der Waals surface area contributed by atoms with E-state index in [0.717, 1.165) is 57.4 Å². The van der Waals surface area contributed by atoms with E-state index < -0.39 is 0 Å². The summed E-state index contributed by atoms with van der Waals surface area (Å²) in [5.74, 6) is 0.729. The highest BCUT2D eigenvalue weighted by molar-refractivity contribution is 6.30. The Balaban J connectivity index is 1.47. The predicted molar refractivity (Wildman–Crippen MR) is 87.3 cm³/mol. The van der Waals surface area contributed by atoms with Gasteiger partial charge in [-0.05, 0) is 24.1 Å². The van der Waals surface area contributed by atoms with Crippen molar-refractivity contribution in [1.29, 1.82) is 0 Å². The number of amides is 1.